The molecule has 0 saturated heterocycles. The Labute approximate surface area is 102 Å². The summed E-state index contributed by atoms with van der Waals surface area (Å²) in [7, 11) is 0. The molecule has 4 heteroatoms. The van der Waals surface area contributed by atoms with E-state index in [-0.39, 0.29) is 11.8 Å². The molecular formula is C13H20N2O2. The van der Waals surface area contributed by atoms with Gasteiger partial charge in [-0.3, -0.25) is 0 Å². The van der Waals surface area contributed by atoms with Crippen molar-refractivity contribution >= 4 is 6.03 Å². The SMILES string of the molecule is CCCCNC(=O)NCCc1ccccc1O. The molecule has 0 spiro atoms. The van der Waals surface area contributed by atoms with Gasteiger partial charge in [0.05, 0.1) is 0 Å². The quantitative estimate of drug-likeness (QED) is 0.662. The highest BCUT2D eigenvalue weighted by molar-refractivity contribution is 5.73. The maximum Gasteiger partial charge on any atom is 0.314 e. The van der Waals surface area contributed by atoms with Crippen LogP contribution in [0.2, 0.25) is 0 Å². The van der Waals surface area contributed by atoms with Crippen molar-refractivity contribution < 1.29 is 9.90 Å². The summed E-state index contributed by atoms with van der Waals surface area (Å²) in [6.45, 7) is 3.31. The van der Waals surface area contributed by atoms with Crippen molar-refractivity contribution in [3.05, 3.63) is 29.8 Å². The molecule has 17 heavy (non-hydrogen) atoms. The number of para-hydroxylation sites is 1. The van der Waals surface area contributed by atoms with Crippen LogP contribution < -0.4 is 10.6 Å². The third kappa shape index (κ3) is 5.24. The minimum absolute atomic E-state index is 0.145. The summed E-state index contributed by atoms with van der Waals surface area (Å²) in [6, 6.07) is 7.01. The Kier molecular flexibility index (Phi) is 5.93. The number of carbonyl (C=O) groups excluding carboxylic acids is 1. The lowest BCUT2D eigenvalue weighted by atomic mass is 10.1. The summed E-state index contributed by atoms with van der Waals surface area (Å²) in [5.74, 6) is 0.278. The van der Waals surface area contributed by atoms with Gasteiger partial charge in [-0.1, -0.05) is 31.5 Å². The summed E-state index contributed by atoms with van der Waals surface area (Å²) in [5, 5.41) is 15.0. The zero-order valence-corrected chi connectivity index (χ0v) is 10.2. The molecule has 0 fully saturated rings. The van der Waals surface area contributed by atoms with Gasteiger partial charge in [0.1, 0.15) is 5.75 Å². The molecule has 0 heterocycles. The maximum atomic E-state index is 11.3. The minimum Gasteiger partial charge on any atom is -0.508 e. The number of phenolic OH excluding ortho intramolecular Hbond substituents is 1. The van der Waals surface area contributed by atoms with Crippen molar-refractivity contribution in [3.8, 4) is 5.75 Å². The Morgan fingerprint density at radius 3 is 2.65 bits per heavy atom. The number of aromatic hydroxyl groups is 1. The van der Waals surface area contributed by atoms with Crippen LogP contribution in [0.15, 0.2) is 24.3 Å². The van der Waals surface area contributed by atoms with E-state index in [2.05, 4.69) is 17.6 Å². The van der Waals surface area contributed by atoms with Crippen LogP contribution in [0.4, 0.5) is 4.79 Å². The van der Waals surface area contributed by atoms with Gasteiger partial charge >= 0.3 is 6.03 Å². The van der Waals surface area contributed by atoms with E-state index in [4.69, 9.17) is 0 Å². The zero-order valence-electron chi connectivity index (χ0n) is 10.2. The van der Waals surface area contributed by atoms with E-state index in [1.54, 1.807) is 12.1 Å². The first-order valence-corrected chi connectivity index (χ1v) is 6.02. The first kappa shape index (κ1) is 13.4. The molecule has 0 atom stereocenters. The second-order valence-electron chi connectivity index (χ2n) is 3.91. The zero-order chi connectivity index (χ0) is 12.5. The van der Waals surface area contributed by atoms with E-state index in [1.165, 1.54) is 0 Å². The van der Waals surface area contributed by atoms with Crippen molar-refractivity contribution in [3.63, 3.8) is 0 Å². The number of urea groups is 1. The van der Waals surface area contributed by atoms with Crippen LogP contribution in [-0.2, 0) is 6.42 Å². The van der Waals surface area contributed by atoms with Crippen LogP contribution in [0.3, 0.4) is 0 Å². The van der Waals surface area contributed by atoms with E-state index in [1.807, 2.05) is 12.1 Å². The van der Waals surface area contributed by atoms with Gasteiger partial charge in [-0.15, -0.1) is 0 Å². The molecule has 4 nitrogen and oxygen atoms in total. The van der Waals surface area contributed by atoms with E-state index in [9.17, 15) is 9.90 Å². The molecule has 0 saturated carbocycles. The Morgan fingerprint density at radius 2 is 1.94 bits per heavy atom. The van der Waals surface area contributed by atoms with Gasteiger partial charge in [-0.05, 0) is 24.5 Å². The lowest BCUT2D eigenvalue weighted by Crippen LogP contribution is -2.37. The lowest BCUT2D eigenvalue weighted by Gasteiger charge is -2.07. The van der Waals surface area contributed by atoms with Gasteiger partial charge in [0, 0.05) is 13.1 Å². The maximum absolute atomic E-state index is 11.3. The standard InChI is InChI=1S/C13H20N2O2/c1-2-3-9-14-13(17)15-10-8-11-6-4-5-7-12(11)16/h4-7,16H,2-3,8-10H2,1H3,(H2,14,15,17). The lowest BCUT2D eigenvalue weighted by molar-refractivity contribution is 0.241. The largest absolute Gasteiger partial charge is 0.508 e. The predicted molar refractivity (Wildman–Crippen MR) is 68.1 cm³/mol. The second-order valence-corrected chi connectivity index (χ2v) is 3.91. The van der Waals surface area contributed by atoms with Crippen LogP contribution in [0.25, 0.3) is 0 Å². The first-order valence-electron chi connectivity index (χ1n) is 6.02. The van der Waals surface area contributed by atoms with E-state index in [0.717, 1.165) is 18.4 Å². The molecule has 1 aromatic carbocycles. The summed E-state index contributed by atoms with van der Waals surface area (Å²) in [5.41, 5.74) is 0.848. The van der Waals surface area contributed by atoms with Crippen LogP contribution in [0, 0.1) is 0 Å². The van der Waals surface area contributed by atoms with E-state index >= 15 is 0 Å². The molecule has 2 amide bonds. The van der Waals surface area contributed by atoms with Crippen LogP contribution in [-0.4, -0.2) is 24.2 Å². The number of amides is 2. The highest BCUT2D eigenvalue weighted by atomic mass is 16.3. The molecule has 94 valence electrons. The number of hydrogen-bond donors (Lipinski definition) is 3. The Morgan fingerprint density at radius 1 is 1.24 bits per heavy atom. The second kappa shape index (κ2) is 7.54. The third-order valence-electron chi connectivity index (χ3n) is 2.49. The van der Waals surface area contributed by atoms with Crippen molar-refractivity contribution in [1.82, 2.24) is 10.6 Å². The van der Waals surface area contributed by atoms with Crippen molar-refractivity contribution in [2.45, 2.75) is 26.2 Å². The molecule has 0 aliphatic carbocycles. The van der Waals surface area contributed by atoms with Crippen LogP contribution in [0.5, 0.6) is 5.75 Å². The van der Waals surface area contributed by atoms with Gasteiger partial charge in [0.15, 0.2) is 0 Å². The van der Waals surface area contributed by atoms with E-state index in [0.29, 0.717) is 19.5 Å². The number of nitrogens with one attached hydrogen (secondary N) is 2. The number of benzene rings is 1. The van der Waals surface area contributed by atoms with Gasteiger partial charge in [0.25, 0.3) is 0 Å². The molecule has 3 N–H and O–H groups in total. The summed E-state index contributed by atoms with van der Waals surface area (Å²) in [4.78, 5) is 11.3. The smallest absolute Gasteiger partial charge is 0.314 e. The summed E-state index contributed by atoms with van der Waals surface area (Å²) >= 11 is 0. The topological polar surface area (TPSA) is 61.4 Å². The number of unbranched alkanes of at least 4 members (excludes halogenated alkanes) is 1. The van der Waals surface area contributed by atoms with Crippen molar-refractivity contribution in [1.29, 1.82) is 0 Å². The highest BCUT2D eigenvalue weighted by Gasteiger charge is 2.01. The number of carbonyl (C=O) groups is 1. The summed E-state index contributed by atoms with van der Waals surface area (Å²) < 4.78 is 0. The molecule has 0 bridgehead atoms. The minimum atomic E-state index is -0.145. The Balaban J connectivity index is 2.19. The van der Waals surface area contributed by atoms with Crippen LogP contribution in [0.1, 0.15) is 25.3 Å². The van der Waals surface area contributed by atoms with Crippen molar-refractivity contribution in [2.24, 2.45) is 0 Å². The van der Waals surface area contributed by atoms with Crippen molar-refractivity contribution in [2.75, 3.05) is 13.1 Å². The monoisotopic (exact) mass is 236 g/mol. The highest BCUT2D eigenvalue weighted by Crippen LogP contribution is 2.15. The fourth-order valence-corrected chi connectivity index (χ4v) is 1.47. The summed E-state index contributed by atoms with van der Waals surface area (Å²) in [6.07, 6.45) is 2.69. The average Bonchev–Trinajstić information content (AvgIpc) is 2.32. The molecule has 0 aliphatic rings. The van der Waals surface area contributed by atoms with Gasteiger partial charge in [0.2, 0.25) is 0 Å². The molecule has 0 radical (unpaired) electrons. The normalized spacial score (nSPS) is 9.94. The molecule has 1 rings (SSSR count). The van der Waals surface area contributed by atoms with Crippen LogP contribution >= 0.6 is 0 Å². The molecule has 0 aliphatic heterocycles. The number of phenols is 1. The molecule has 0 aromatic heterocycles. The first-order chi connectivity index (χ1) is 8.24. The predicted octanol–water partition coefficient (Wildman–Crippen LogP) is 2.03. The van der Waals surface area contributed by atoms with Gasteiger partial charge in [-0.2, -0.15) is 0 Å². The fourth-order valence-electron chi connectivity index (χ4n) is 1.47. The number of hydrogen-bond acceptors (Lipinski definition) is 2. The van der Waals surface area contributed by atoms with Gasteiger partial charge < -0.3 is 15.7 Å². The molecule has 1 aromatic rings. The Bertz CT molecular complexity index is 353. The molecule has 0 unspecified atom stereocenters. The number of rotatable bonds is 6. The third-order valence-corrected chi connectivity index (χ3v) is 2.49. The average molecular weight is 236 g/mol. The fraction of sp³-hybridized carbons (Fsp3) is 0.462. The Hall–Kier alpha value is -1.71. The van der Waals surface area contributed by atoms with E-state index < -0.39 is 0 Å². The van der Waals surface area contributed by atoms with Gasteiger partial charge in [-0.25, -0.2) is 4.79 Å². The molecular weight excluding hydrogens is 216 g/mol.